The molecule has 0 unspecified atom stereocenters. The van der Waals surface area contributed by atoms with Gasteiger partial charge in [0.1, 0.15) is 5.84 Å². The van der Waals surface area contributed by atoms with E-state index in [0.717, 1.165) is 36.6 Å². The highest BCUT2D eigenvalue weighted by atomic mass is 35.5. The lowest BCUT2D eigenvalue weighted by molar-refractivity contribution is 0.0771. The van der Waals surface area contributed by atoms with E-state index in [4.69, 9.17) is 32.9 Å². The van der Waals surface area contributed by atoms with Gasteiger partial charge in [0.15, 0.2) is 0 Å². The summed E-state index contributed by atoms with van der Waals surface area (Å²) in [5.41, 5.74) is 3.95. The van der Waals surface area contributed by atoms with Crippen molar-refractivity contribution in [2.45, 2.75) is 31.8 Å². The molecule has 2 aliphatic heterocycles. The van der Waals surface area contributed by atoms with Crippen LogP contribution in [0.15, 0.2) is 41.4 Å². The van der Waals surface area contributed by atoms with Crippen LogP contribution in [0.25, 0.3) is 0 Å². The number of fused-ring (bicyclic) bond motifs is 1. The molecule has 0 aliphatic carbocycles. The van der Waals surface area contributed by atoms with Crippen molar-refractivity contribution >= 4 is 40.4 Å². The van der Waals surface area contributed by atoms with E-state index < -0.39 is 0 Å². The topological polar surface area (TPSA) is 45.7 Å². The average Bonchev–Trinajstić information content (AvgIpc) is 2.62. The van der Waals surface area contributed by atoms with Crippen LogP contribution in [-0.2, 0) is 11.3 Å². The summed E-state index contributed by atoms with van der Waals surface area (Å²) in [6, 6.07) is 12.2. The lowest BCUT2D eigenvalue weighted by atomic mass is 9.86. The van der Waals surface area contributed by atoms with Crippen molar-refractivity contribution in [2.24, 2.45) is 4.99 Å². The summed E-state index contributed by atoms with van der Waals surface area (Å²) in [6.07, 6.45) is 1.71. The summed E-state index contributed by atoms with van der Waals surface area (Å²) in [4.78, 5) is 4.91. The van der Waals surface area contributed by atoms with Crippen molar-refractivity contribution < 1.29 is 4.74 Å². The van der Waals surface area contributed by atoms with Crippen LogP contribution in [0, 0.1) is 6.92 Å². The fourth-order valence-electron chi connectivity index (χ4n) is 3.57. The van der Waals surface area contributed by atoms with Gasteiger partial charge in [0, 0.05) is 32.6 Å². The number of rotatable bonds is 2. The Morgan fingerprint density at radius 2 is 1.92 bits per heavy atom. The molecule has 0 aromatic heterocycles. The summed E-state index contributed by atoms with van der Waals surface area (Å²) >= 11 is 12.4. The standard InChI is InChI=1S/C20H21Cl2N3O/c1-13-3-2-4-14(9-13)12-23-19-20(5-7-26-8-6-20)25-18-11-16(22)15(21)10-17(18)24-19/h2-4,9-11,25H,5-8,12H2,1H3,(H,23,24). The van der Waals surface area contributed by atoms with E-state index in [-0.39, 0.29) is 5.54 Å². The molecule has 0 bridgehead atoms. The molecule has 4 nitrogen and oxygen atoms in total. The molecule has 2 aromatic rings. The maximum Gasteiger partial charge on any atom is 0.129 e. The van der Waals surface area contributed by atoms with Gasteiger partial charge in [-0.2, -0.15) is 0 Å². The highest BCUT2D eigenvalue weighted by Crippen LogP contribution is 2.41. The van der Waals surface area contributed by atoms with Crippen LogP contribution in [0.3, 0.4) is 0 Å². The second-order valence-electron chi connectivity index (χ2n) is 6.91. The average molecular weight is 390 g/mol. The number of ether oxygens (including phenoxy) is 1. The number of benzene rings is 2. The van der Waals surface area contributed by atoms with Gasteiger partial charge in [-0.15, -0.1) is 0 Å². The van der Waals surface area contributed by atoms with Crippen LogP contribution in [-0.4, -0.2) is 24.6 Å². The van der Waals surface area contributed by atoms with Gasteiger partial charge < -0.3 is 15.4 Å². The quantitative estimate of drug-likeness (QED) is 0.750. The van der Waals surface area contributed by atoms with Gasteiger partial charge in [0.05, 0.1) is 27.0 Å². The van der Waals surface area contributed by atoms with Crippen LogP contribution in [0.1, 0.15) is 24.0 Å². The third-order valence-corrected chi connectivity index (χ3v) is 5.71. The smallest absolute Gasteiger partial charge is 0.129 e. The first-order valence-electron chi connectivity index (χ1n) is 8.79. The Bertz CT molecular complexity index is 860. The first kappa shape index (κ1) is 17.7. The summed E-state index contributed by atoms with van der Waals surface area (Å²) in [5, 5.41) is 8.26. The minimum atomic E-state index is -0.258. The zero-order valence-corrected chi connectivity index (χ0v) is 16.1. The summed E-state index contributed by atoms with van der Waals surface area (Å²) in [5.74, 6) is 0.938. The minimum Gasteiger partial charge on any atom is -0.381 e. The van der Waals surface area contributed by atoms with Crippen LogP contribution < -0.4 is 10.6 Å². The predicted molar refractivity (Wildman–Crippen MR) is 108 cm³/mol. The second kappa shape index (κ2) is 7.10. The largest absolute Gasteiger partial charge is 0.381 e. The predicted octanol–water partition coefficient (Wildman–Crippen LogP) is 5.10. The zero-order valence-electron chi connectivity index (χ0n) is 14.6. The second-order valence-corrected chi connectivity index (χ2v) is 7.72. The van der Waals surface area contributed by atoms with E-state index >= 15 is 0 Å². The fraction of sp³-hybridized carbons (Fsp3) is 0.350. The van der Waals surface area contributed by atoms with Crippen molar-refractivity contribution in [2.75, 3.05) is 18.5 Å². The first-order chi connectivity index (χ1) is 12.6. The van der Waals surface area contributed by atoms with Crippen LogP contribution in [0.4, 0.5) is 11.4 Å². The lowest BCUT2D eigenvalue weighted by Crippen LogP contribution is -2.56. The first-order valence-corrected chi connectivity index (χ1v) is 9.55. The maximum absolute atomic E-state index is 6.20. The molecule has 1 saturated heterocycles. The van der Waals surface area contributed by atoms with Crippen LogP contribution >= 0.6 is 23.2 Å². The molecule has 0 saturated carbocycles. The van der Waals surface area contributed by atoms with Crippen molar-refractivity contribution in [1.29, 1.82) is 0 Å². The number of nitrogens with zero attached hydrogens (tertiary/aromatic N) is 1. The SMILES string of the molecule is Cc1cccc(CNC2=Nc3cc(Cl)c(Cl)cc3NC23CCOCC3)c1. The fourth-order valence-corrected chi connectivity index (χ4v) is 3.89. The van der Waals surface area contributed by atoms with Crippen molar-refractivity contribution in [3.05, 3.63) is 57.6 Å². The Morgan fingerprint density at radius 3 is 2.69 bits per heavy atom. The number of anilines is 1. The van der Waals surface area contributed by atoms with E-state index in [1.165, 1.54) is 11.1 Å². The zero-order chi connectivity index (χ0) is 18.1. The number of aryl methyl sites for hydroxylation is 1. The monoisotopic (exact) mass is 389 g/mol. The van der Waals surface area contributed by atoms with Gasteiger partial charge in [-0.25, -0.2) is 4.99 Å². The summed E-state index contributed by atoms with van der Waals surface area (Å²) in [7, 11) is 0. The number of nitrogens with one attached hydrogen (secondary N) is 2. The molecule has 6 heteroatoms. The van der Waals surface area contributed by atoms with E-state index in [2.05, 4.69) is 41.8 Å². The van der Waals surface area contributed by atoms with Gasteiger partial charge in [-0.3, -0.25) is 0 Å². The molecule has 2 aromatic carbocycles. The number of aliphatic imine (C=N–C) groups is 1. The Labute approximate surface area is 163 Å². The number of hydrogen-bond donors (Lipinski definition) is 2. The molecule has 1 spiro atoms. The Balaban J connectivity index is 1.67. The van der Waals surface area contributed by atoms with Gasteiger partial charge >= 0.3 is 0 Å². The Hall–Kier alpha value is -1.75. The highest BCUT2D eigenvalue weighted by Gasteiger charge is 2.41. The molecule has 0 radical (unpaired) electrons. The van der Waals surface area contributed by atoms with E-state index in [9.17, 15) is 0 Å². The third-order valence-electron chi connectivity index (χ3n) is 4.99. The van der Waals surface area contributed by atoms with Crippen molar-refractivity contribution in [3.63, 3.8) is 0 Å². The molecule has 2 N–H and O–H groups in total. The molecule has 2 heterocycles. The van der Waals surface area contributed by atoms with Gasteiger partial charge in [-0.05, 0) is 24.6 Å². The highest BCUT2D eigenvalue weighted by molar-refractivity contribution is 6.42. The Kier molecular flexibility index (Phi) is 4.82. The molecule has 0 amide bonds. The molecule has 136 valence electrons. The van der Waals surface area contributed by atoms with E-state index in [0.29, 0.717) is 23.3 Å². The minimum absolute atomic E-state index is 0.258. The summed E-state index contributed by atoms with van der Waals surface area (Å²) in [6.45, 7) is 4.23. The molecule has 4 rings (SSSR count). The van der Waals surface area contributed by atoms with Gasteiger partial charge in [0.2, 0.25) is 0 Å². The molecular weight excluding hydrogens is 369 g/mol. The number of amidine groups is 1. The van der Waals surface area contributed by atoms with Gasteiger partial charge in [-0.1, -0.05) is 53.0 Å². The van der Waals surface area contributed by atoms with Crippen molar-refractivity contribution in [3.8, 4) is 0 Å². The molecule has 1 fully saturated rings. The van der Waals surface area contributed by atoms with E-state index in [1.807, 2.05) is 12.1 Å². The number of halogens is 2. The summed E-state index contributed by atoms with van der Waals surface area (Å²) < 4.78 is 5.58. The molecular formula is C20H21Cl2N3O. The Morgan fingerprint density at radius 1 is 1.15 bits per heavy atom. The van der Waals surface area contributed by atoms with E-state index in [1.54, 1.807) is 0 Å². The number of hydrogen-bond acceptors (Lipinski definition) is 4. The van der Waals surface area contributed by atoms with Crippen molar-refractivity contribution in [1.82, 2.24) is 5.32 Å². The van der Waals surface area contributed by atoms with Crippen LogP contribution in [0.5, 0.6) is 0 Å². The molecule has 2 aliphatic rings. The maximum atomic E-state index is 6.20. The van der Waals surface area contributed by atoms with Crippen LogP contribution in [0.2, 0.25) is 10.0 Å². The normalized spacial score (nSPS) is 18.0. The molecule has 0 atom stereocenters. The lowest BCUT2D eigenvalue weighted by Gasteiger charge is -2.42. The van der Waals surface area contributed by atoms with Gasteiger partial charge in [0.25, 0.3) is 0 Å². The molecule has 26 heavy (non-hydrogen) atoms. The third kappa shape index (κ3) is 3.41.